The number of hydrogen-bond acceptors (Lipinski definition) is 3. The van der Waals surface area contributed by atoms with Gasteiger partial charge < -0.3 is 5.11 Å². The van der Waals surface area contributed by atoms with Crippen LogP contribution < -0.4 is 0 Å². The van der Waals surface area contributed by atoms with E-state index in [-0.39, 0.29) is 5.78 Å². The topological polar surface area (TPSA) is 71.4 Å². The van der Waals surface area contributed by atoms with E-state index in [9.17, 15) is 14.4 Å². The van der Waals surface area contributed by atoms with E-state index in [1.54, 1.807) is 18.2 Å². The molecular weight excluding hydrogens is 364 g/mol. The fourth-order valence-electron chi connectivity index (χ4n) is 3.61. The number of carboxylic acid groups (broad SMARTS) is 1. The quantitative estimate of drug-likeness (QED) is 0.323. The third-order valence-electron chi connectivity index (χ3n) is 5.30. The average Bonchev–Trinajstić information content (AvgIpc) is 2.66. The third kappa shape index (κ3) is 5.50. The summed E-state index contributed by atoms with van der Waals surface area (Å²) in [5.41, 5.74) is 0.703. The molecule has 2 rings (SSSR count). The fourth-order valence-corrected chi connectivity index (χ4v) is 3.61. The van der Waals surface area contributed by atoms with Gasteiger partial charge in [-0.05, 0) is 43.5 Å². The molecule has 0 heterocycles. The lowest BCUT2D eigenvalue weighted by atomic mass is 9.68. The number of carbonyl (C=O) groups excluding carboxylic acids is 2. The predicted octanol–water partition coefficient (Wildman–Crippen LogP) is 5.62. The highest BCUT2D eigenvalue weighted by atomic mass is 16.4. The minimum atomic E-state index is -1.23. The summed E-state index contributed by atoms with van der Waals surface area (Å²) >= 11 is 0. The van der Waals surface area contributed by atoms with Gasteiger partial charge in [0.1, 0.15) is 6.42 Å². The van der Waals surface area contributed by atoms with Crippen molar-refractivity contribution >= 4 is 28.3 Å². The fraction of sp³-hybridized carbons (Fsp3) is 0.320. The number of allylic oxidation sites excluding steroid dienone is 3. The second-order valence-electron chi connectivity index (χ2n) is 7.93. The Bertz CT molecular complexity index is 966. The third-order valence-corrected chi connectivity index (χ3v) is 5.30. The lowest BCUT2D eigenvalue weighted by molar-refractivity contribution is -0.141. The summed E-state index contributed by atoms with van der Waals surface area (Å²) in [6.07, 6.45) is 4.18. The van der Waals surface area contributed by atoms with Crippen molar-refractivity contribution in [3.05, 3.63) is 72.3 Å². The van der Waals surface area contributed by atoms with E-state index < -0.39 is 29.5 Å². The Morgan fingerprint density at radius 2 is 1.76 bits per heavy atom. The average molecular weight is 392 g/mol. The minimum absolute atomic E-state index is 0.360. The molecule has 29 heavy (non-hydrogen) atoms. The molecule has 1 N–H and O–H groups in total. The summed E-state index contributed by atoms with van der Waals surface area (Å²) in [4.78, 5) is 37.5. The highest BCUT2D eigenvalue weighted by Crippen LogP contribution is 2.38. The number of Topliss-reactive ketones (excluding diaryl/α,β-unsaturated/α-hetero) is 2. The first-order chi connectivity index (χ1) is 13.7. The number of carboxylic acids is 1. The van der Waals surface area contributed by atoms with Crippen LogP contribution >= 0.6 is 0 Å². The van der Waals surface area contributed by atoms with Gasteiger partial charge in [-0.2, -0.15) is 0 Å². The van der Waals surface area contributed by atoms with Crippen molar-refractivity contribution in [2.24, 2.45) is 11.3 Å². The summed E-state index contributed by atoms with van der Waals surface area (Å²) in [5.74, 6) is -3.28. The molecule has 0 saturated heterocycles. The van der Waals surface area contributed by atoms with E-state index in [1.807, 2.05) is 57.2 Å². The maximum absolute atomic E-state index is 13.4. The first-order valence-corrected chi connectivity index (χ1v) is 9.72. The van der Waals surface area contributed by atoms with E-state index in [2.05, 4.69) is 6.58 Å². The van der Waals surface area contributed by atoms with Gasteiger partial charge in [0.15, 0.2) is 11.6 Å². The normalized spacial score (nSPS) is 13.9. The van der Waals surface area contributed by atoms with Crippen molar-refractivity contribution in [1.82, 2.24) is 0 Å². The van der Waals surface area contributed by atoms with Crippen LogP contribution in [0.5, 0.6) is 0 Å². The number of carbonyl (C=O) groups is 3. The number of fused-ring (bicyclic) bond motifs is 1. The van der Waals surface area contributed by atoms with Gasteiger partial charge in [0.2, 0.25) is 0 Å². The zero-order valence-corrected chi connectivity index (χ0v) is 17.3. The summed E-state index contributed by atoms with van der Waals surface area (Å²) < 4.78 is 0. The van der Waals surface area contributed by atoms with Gasteiger partial charge in [0, 0.05) is 11.0 Å². The lowest BCUT2D eigenvalue weighted by Crippen LogP contribution is -2.39. The van der Waals surface area contributed by atoms with Crippen LogP contribution in [0.1, 0.15) is 50.4 Å². The second kappa shape index (κ2) is 9.46. The first-order valence-electron chi connectivity index (χ1n) is 9.72. The molecule has 0 aromatic heterocycles. The van der Waals surface area contributed by atoms with Crippen LogP contribution in [-0.4, -0.2) is 22.6 Å². The van der Waals surface area contributed by atoms with E-state index in [4.69, 9.17) is 5.11 Å². The van der Waals surface area contributed by atoms with Crippen LogP contribution in [0.3, 0.4) is 0 Å². The van der Waals surface area contributed by atoms with Crippen LogP contribution in [0.25, 0.3) is 10.8 Å². The Morgan fingerprint density at radius 1 is 1.10 bits per heavy atom. The molecule has 152 valence electrons. The molecule has 4 nitrogen and oxygen atoms in total. The molecule has 2 aromatic rings. The molecule has 2 aromatic carbocycles. The highest BCUT2D eigenvalue weighted by molar-refractivity contribution is 6.15. The molecule has 0 aliphatic rings. The van der Waals surface area contributed by atoms with Crippen LogP contribution in [0.4, 0.5) is 0 Å². The molecule has 2 atom stereocenters. The van der Waals surface area contributed by atoms with Crippen molar-refractivity contribution in [3.8, 4) is 0 Å². The molecule has 0 fully saturated rings. The van der Waals surface area contributed by atoms with Gasteiger partial charge in [0.05, 0.1) is 5.92 Å². The Labute approximate surface area is 171 Å². The van der Waals surface area contributed by atoms with Gasteiger partial charge in [0.25, 0.3) is 0 Å². The standard InChI is InChI=1S/C25H28O4/c1-5-25(4,14-8-9-17(2)3)23(21(26)16-22(27)28)24(29)20-13-12-18-10-6-7-11-19(18)15-20/h5-7,9-13,15,23H,1,8,14,16H2,2-4H3,(H,27,28). The van der Waals surface area contributed by atoms with Crippen molar-refractivity contribution in [1.29, 1.82) is 0 Å². The largest absolute Gasteiger partial charge is 0.481 e. The van der Waals surface area contributed by atoms with E-state index >= 15 is 0 Å². The molecule has 0 radical (unpaired) electrons. The first kappa shape index (κ1) is 22.3. The molecule has 4 heteroatoms. The SMILES string of the molecule is C=CC(C)(CCC=C(C)C)C(C(=O)CC(=O)O)C(=O)c1ccc2ccccc2c1. The van der Waals surface area contributed by atoms with Crippen LogP contribution in [0, 0.1) is 11.3 Å². The monoisotopic (exact) mass is 392 g/mol. The summed E-state index contributed by atoms with van der Waals surface area (Å²) in [7, 11) is 0. The Hall–Kier alpha value is -3.01. The lowest BCUT2D eigenvalue weighted by Gasteiger charge is -2.33. The van der Waals surface area contributed by atoms with Gasteiger partial charge in [-0.15, -0.1) is 6.58 Å². The molecule has 0 aliphatic carbocycles. The Balaban J connectivity index is 2.48. The summed E-state index contributed by atoms with van der Waals surface area (Å²) in [6, 6.07) is 13.0. The number of ketones is 2. The predicted molar refractivity (Wildman–Crippen MR) is 116 cm³/mol. The van der Waals surface area contributed by atoms with Gasteiger partial charge in [-0.25, -0.2) is 0 Å². The smallest absolute Gasteiger partial charge is 0.310 e. The van der Waals surface area contributed by atoms with E-state index in [0.717, 1.165) is 16.3 Å². The van der Waals surface area contributed by atoms with E-state index in [0.29, 0.717) is 18.4 Å². The zero-order valence-electron chi connectivity index (χ0n) is 17.3. The van der Waals surface area contributed by atoms with E-state index in [1.165, 1.54) is 0 Å². The number of benzene rings is 2. The maximum Gasteiger partial charge on any atom is 0.310 e. The van der Waals surface area contributed by atoms with Crippen molar-refractivity contribution in [3.63, 3.8) is 0 Å². The molecule has 0 amide bonds. The Kier molecular flexibility index (Phi) is 7.27. The molecule has 0 aliphatic heterocycles. The van der Waals surface area contributed by atoms with Crippen molar-refractivity contribution in [2.75, 3.05) is 0 Å². The number of hydrogen-bond donors (Lipinski definition) is 1. The summed E-state index contributed by atoms with van der Waals surface area (Å²) in [6.45, 7) is 9.64. The molecule has 0 spiro atoms. The van der Waals surface area contributed by atoms with Crippen LogP contribution in [0.15, 0.2) is 66.8 Å². The summed E-state index contributed by atoms with van der Waals surface area (Å²) in [5, 5.41) is 11.0. The molecular formula is C25H28O4. The minimum Gasteiger partial charge on any atom is -0.481 e. The Morgan fingerprint density at radius 3 is 2.34 bits per heavy atom. The zero-order chi connectivity index (χ0) is 21.6. The van der Waals surface area contributed by atoms with Crippen molar-refractivity contribution in [2.45, 2.75) is 40.0 Å². The number of aliphatic carboxylic acids is 1. The molecule has 2 unspecified atom stereocenters. The highest BCUT2D eigenvalue weighted by Gasteiger charge is 2.42. The van der Waals surface area contributed by atoms with Gasteiger partial charge in [-0.3, -0.25) is 14.4 Å². The molecule has 0 saturated carbocycles. The number of rotatable bonds is 10. The van der Waals surface area contributed by atoms with Gasteiger partial charge in [-0.1, -0.05) is 61.0 Å². The van der Waals surface area contributed by atoms with Gasteiger partial charge >= 0.3 is 5.97 Å². The molecule has 0 bridgehead atoms. The van der Waals surface area contributed by atoms with Crippen LogP contribution in [0.2, 0.25) is 0 Å². The van der Waals surface area contributed by atoms with Crippen LogP contribution in [-0.2, 0) is 9.59 Å². The maximum atomic E-state index is 13.4. The van der Waals surface area contributed by atoms with Crippen molar-refractivity contribution < 1.29 is 19.5 Å². The second-order valence-corrected chi connectivity index (χ2v) is 7.93.